The summed E-state index contributed by atoms with van der Waals surface area (Å²) in [4.78, 5) is 18.7. The molecule has 2 aliphatic rings. The number of hydrogen-bond donors (Lipinski definition) is 4. The second-order valence-corrected chi connectivity index (χ2v) is 20.0. The summed E-state index contributed by atoms with van der Waals surface area (Å²) in [7, 11) is -1.57. The molecular formula is C56H55BN4O2. The predicted molar refractivity (Wildman–Crippen MR) is 267 cm³/mol. The van der Waals surface area contributed by atoms with Crippen molar-refractivity contribution in [3.05, 3.63) is 161 Å². The molecule has 0 radical (unpaired) electrons. The van der Waals surface area contributed by atoms with Crippen molar-refractivity contribution in [2.45, 2.75) is 78.6 Å². The van der Waals surface area contributed by atoms with Gasteiger partial charge in [-0.05, 0) is 109 Å². The first-order valence-electron chi connectivity index (χ1n) is 21.9. The van der Waals surface area contributed by atoms with E-state index < -0.39 is 7.12 Å². The fourth-order valence-electron chi connectivity index (χ4n) is 8.65. The first kappa shape index (κ1) is 41.8. The molecule has 8 bridgehead atoms. The number of aromatic nitrogens is 4. The summed E-state index contributed by atoms with van der Waals surface area (Å²) in [5.74, 6) is 0. The summed E-state index contributed by atoms with van der Waals surface area (Å²) >= 11 is 0. The number of aromatic amines is 2. The molecule has 3 aromatic heterocycles. The van der Waals surface area contributed by atoms with Crippen molar-refractivity contribution >= 4 is 59.0 Å². The van der Waals surface area contributed by atoms with E-state index in [1.807, 2.05) is 12.1 Å². The lowest BCUT2D eigenvalue weighted by Gasteiger charge is -2.19. The van der Waals surface area contributed by atoms with E-state index in [9.17, 15) is 10.0 Å². The third kappa shape index (κ3) is 8.15. The molecule has 314 valence electrons. The van der Waals surface area contributed by atoms with Crippen LogP contribution in [0.1, 0.15) is 102 Å². The Morgan fingerprint density at radius 1 is 0.349 bits per heavy atom. The van der Waals surface area contributed by atoms with Crippen LogP contribution in [0.5, 0.6) is 0 Å². The van der Waals surface area contributed by atoms with Gasteiger partial charge in [0.2, 0.25) is 0 Å². The topological polar surface area (TPSA) is 97.8 Å². The Morgan fingerprint density at radius 3 is 0.810 bits per heavy atom. The number of H-pyrrole nitrogens is 2. The lowest BCUT2D eigenvalue weighted by molar-refractivity contribution is 0.426. The highest BCUT2D eigenvalue weighted by atomic mass is 16.4. The van der Waals surface area contributed by atoms with Crippen LogP contribution in [0, 0.1) is 0 Å². The fourth-order valence-corrected chi connectivity index (χ4v) is 8.65. The molecule has 9 rings (SSSR count). The Balaban J connectivity index is 1.42. The molecule has 6 nitrogen and oxygen atoms in total. The third-order valence-electron chi connectivity index (χ3n) is 12.4. The summed E-state index contributed by atoms with van der Waals surface area (Å²) in [6.45, 7) is 20.1. The van der Waals surface area contributed by atoms with Crippen LogP contribution in [0.25, 0.3) is 90.9 Å². The first-order valence-corrected chi connectivity index (χ1v) is 21.9. The van der Waals surface area contributed by atoms with E-state index in [-0.39, 0.29) is 16.2 Å². The molecule has 7 aromatic rings. The Labute approximate surface area is 371 Å². The molecule has 2 aliphatic heterocycles. The number of nitrogens with zero attached hydrogens (tertiary/aromatic N) is 2. The lowest BCUT2D eigenvalue weighted by atomic mass is 9.80. The normalized spacial score (nSPS) is 12.9. The van der Waals surface area contributed by atoms with E-state index in [1.54, 1.807) is 12.1 Å². The summed E-state index contributed by atoms with van der Waals surface area (Å²) in [5, 5.41) is 20.0. The zero-order chi connectivity index (χ0) is 44.4. The van der Waals surface area contributed by atoms with Gasteiger partial charge in [0.05, 0.1) is 22.8 Å². The van der Waals surface area contributed by atoms with Gasteiger partial charge in [-0.25, -0.2) is 9.97 Å². The van der Waals surface area contributed by atoms with Crippen LogP contribution in [0.2, 0.25) is 0 Å². The summed E-state index contributed by atoms with van der Waals surface area (Å²) < 4.78 is 0. The average Bonchev–Trinajstić information content (AvgIpc) is 4.09. The van der Waals surface area contributed by atoms with Gasteiger partial charge < -0.3 is 20.0 Å². The van der Waals surface area contributed by atoms with Gasteiger partial charge in [-0.15, -0.1) is 0 Å². The van der Waals surface area contributed by atoms with Crippen molar-refractivity contribution in [3.63, 3.8) is 0 Å². The van der Waals surface area contributed by atoms with Crippen LogP contribution in [0.3, 0.4) is 0 Å². The highest BCUT2D eigenvalue weighted by Gasteiger charge is 2.22. The number of fused-ring (bicyclic) bond motifs is 8. The van der Waals surface area contributed by atoms with E-state index in [0.717, 1.165) is 89.4 Å². The second kappa shape index (κ2) is 15.7. The van der Waals surface area contributed by atoms with Gasteiger partial charge in [-0.1, -0.05) is 159 Å². The summed E-state index contributed by atoms with van der Waals surface area (Å²) in [6.07, 6.45) is 8.46. The Morgan fingerprint density at radius 2 is 0.587 bits per heavy atom. The SMILES string of the molecule is CC(C)(C)c1ccc(-c2c3nc(c(-c4ccc(C(C)(C)C)cc4)c4ccc([nH]4)c(-c4ccc(C(C)(C)C)cc4)c4nc(c(-c5ccc(B(O)O)cc5)c5ccc2[nH]5)C=C4)C=C3)cc1. The molecule has 0 saturated heterocycles. The van der Waals surface area contributed by atoms with Gasteiger partial charge in [0.1, 0.15) is 0 Å². The van der Waals surface area contributed by atoms with E-state index in [0.29, 0.717) is 5.46 Å². The molecular weight excluding hydrogens is 771 g/mol. The van der Waals surface area contributed by atoms with Gasteiger partial charge in [-0.2, -0.15) is 0 Å². The van der Waals surface area contributed by atoms with Crippen molar-refractivity contribution in [2.24, 2.45) is 0 Å². The minimum Gasteiger partial charge on any atom is -0.423 e. The first-order chi connectivity index (χ1) is 29.9. The van der Waals surface area contributed by atoms with Crippen molar-refractivity contribution in [1.29, 1.82) is 0 Å². The van der Waals surface area contributed by atoms with Crippen LogP contribution in [0.15, 0.2) is 121 Å². The Hall–Kier alpha value is -6.54. The van der Waals surface area contributed by atoms with E-state index in [4.69, 9.17) is 9.97 Å². The van der Waals surface area contributed by atoms with Gasteiger partial charge >= 0.3 is 7.12 Å². The van der Waals surface area contributed by atoms with Crippen LogP contribution in [-0.2, 0) is 16.2 Å². The van der Waals surface area contributed by atoms with Crippen molar-refractivity contribution in [2.75, 3.05) is 0 Å². The minimum absolute atomic E-state index is 0.000342. The van der Waals surface area contributed by atoms with E-state index in [2.05, 4.69) is 194 Å². The maximum absolute atomic E-state index is 10.00. The zero-order valence-electron chi connectivity index (χ0n) is 37.7. The molecule has 0 aliphatic carbocycles. The minimum atomic E-state index is -1.57. The summed E-state index contributed by atoms with van der Waals surface area (Å²) in [5.41, 5.74) is 19.2. The molecule has 5 heterocycles. The molecule has 7 heteroatoms. The largest absolute Gasteiger partial charge is 0.488 e. The maximum atomic E-state index is 10.00. The second-order valence-electron chi connectivity index (χ2n) is 20.0. The molecule has 4 aromatic carbocycles. The monoisotopic (exact) mass is 826 g/mol. The van der Waals surface area contributed by atoms with Gasteiger partial charge in [0.15, 0.2) is 0 Å². The number of nitrogens with one attached hydrogen (secondary N) is 2. The standard InChI is InChI=1S/C56H55BN4O2/c1-54(2,3)38-18-10-34(11-19-38)50-42-26-28-44(58-42)51(35-12-20-39(21-13-35)55(4,5)6)46-30-32-48(60-46)53(37-16-24-41(25-17-37)57(62)63)49-33-31-47(61-49)52(45-29-27-43(50)59-45)36-14-22-40(23-15-36)56(7,8)9/h10-33,58,61-63H,1-9H3. The van der Waals surface area contributed by atoms with Crippen LogP contribution in [0.4, 0.5) is 0 Å². The van der Waals surface area contributed by atoms with E-state index in [1.165, 1.54) is 16.7 Å². The Bertz CT molecular complexity index is 3040. The molecule has 63 heavy (non-hydrogen) atoms. The molecule has 0 unspecified atom stereocenters. The molecule has 4 N–H and O–H groups in total. The molecule has 0 spiro atoms. The molecule has 0 amide bonds. The smallest absolute Gasteiger partial charge is 0.423 e. The maximum Gasteiger partial charge on any atom is 0.488 e. The number of rotatable bonds is 5. The van der Waals surface area contributed by atoms with Crippen LogP contribution in [-0.4, -0.2) is 37.1 Å². The molecule has 0 fully saturated rings. The highest BCUT2D eigenvalue weighted by Crippen LogP contribution is 2.40. The van der Waals surface area contributed by atoms with Crippen LogP contribution >= 0.6 is 0 Å². The van der Waals surface area contributed by atoms with Gasteiger partial charge in [0, 0.05) is 44.3 Å². The van der Waals surface area contributed by atoms with Crippen LogP contribution < -0.4 is 5.46 Å². The molecule has 0 atom stereocenters. The van der Waals surface area contributed by atoms with Crippen molar-refractivity contribution in [1.82, 2.24) is 19.9 Å². The Kier molecular flexibility index (Phi) is 10.4. The highest BCUT2D eigenvalue weighted by molar-refractivity contribution is 6.58. The van der Waals surface area contributed by atoms with Crippen molar-refractivity contribution < 1.29 is 10.0 Å². The fraction of sp³-hybridized carbons (Fsp3) is 0.214. The number of hydrogen-bond acceptors (Lipinski definition) is 4. The van der Waals surface area contributed by atoms with Crippen molar-refractivity contribution in [3.8, 4) is 44.5 Å². The molecule has 0 saturated carbocycles. The predicted octanol–water partition coefficient (Wildman–Crippen LogP) is 12.9. The van der Waals surface area contributed by atoms with Gasteiger partial charge in [-0.3, -0.25) is 0 Å². The third-order valence-corrected chi connectivity index (χ3v) is 12.4. The number of benzene rings is 4. The zero-order valence-corrected chi connectivity index (χ0v) is 37.7. The quantitative estimate of drug-likeness (QED) is 0.130. The summed E-state index contributed by atoms with van der Waals surface area (Å²) in [6, 6.07) is 42.6. The van der Waals surface area contributed by atoms with E-state index >= 15 is 0 Å². The lowest BCUT2D eigenvalue weighted by Crippen LogP contribution is -2.29. The van der Waals surface area contributed by atoms with Gasteiger partial charge in [0.25, 0.3) is 0 Å². The average molecular weight is 827 g/mol.